The Morgan fingerprint density at radius 3 is 2.78 bits per heavy atom. The van der Waals surface area contributed by atoms with Crippen molar-refractivity contribution in [3.8, 4) is 5.95 Å². The van der Waals surface area contributed by atoms with Gasteiger partial charge in [-0.25, -0.2) is 18.9 Å². The Kier molecular flexibility index (Phi) is 3.32. The summed E-state index contributed by atoms with van der Waals surface area (Å²) in [7, 11) is 1.44. The normalized spacial score (nSPS) is 11.0. The second-order valence-corrected chi connectivity index (χ2v) is 5.10. The minimum absolute atomic E-state index is 0.0825. The molecule has 0 saturated carbocycles. The summed E-state index contributed by atoms with van der Waals surface area (Å²) in [5.74, 6) is -0.894. The maximum atomic E-state index is 12.4. The summed E-state index contributed by atoms with van der Waals surface area (Å²) >= 11 is 0. The van der Waals surface area contributed by atoms with Crippen LogP contribution in [0.25, 0.3) is 17.1 Å². The Morgan fingerprint density at radius 1 is 1.39 bits per heavy atom. The predicted molar refractivity (Wildman–Crippen MR) is 79.5 cm³/mol. The summed E-state index contributed by atoms with van der Waals surface area (Å²) < 4.78 is 3.54. The highest BCUT2D eigenvalue weighted by Crippen LogP contribution is 2.05. The van der Waals surface area contributed by atoms with Gasteiger partial charge in [-0.3, -0.25) is 14.2 Å². The van der Waals surface area contributed by atoms with Gasteiger partial charge in [0.15, 0.2) is 0 Å². The highest BCUT2D eigenvalue weighted by atomic mass is 16.4. The number of aliphatic carboxylic acids is 1. The largest absolute Gasteiger partial charge is 0.480 e. The second-order valence-electron chi connectivity index (χ2n) is 5.10. The number of fused-ring (bicyclic) bond motifs is 1. The predicted octanol–water partition coefficient (Wildman–Crippen LogP) is -0.907. The van der Waals surface area contributed by atoms with Gasteiger partial charge in [0, 0.05) is 7.05 Å². The van der Waals surface area contributed by atoms with E-state index in [2.05, 4.69) is 9.97 Å². The highest BCUT2D eigenvalue weighted by Gasteiger charge is 2.23. The number of hydrogen-bond donors (Lipinski definition) is 2. The van der Waals surface area contributed by atoms with Crippen LogP contribution < -0.4 is 15.8 Å². The minimum Gasteiger partial charge on any atom is -0.480 e. The van der Waals surface area contributed by atoms with E-state index < -0.39 is 23.8 Å². The van der Waals surface area contributed by atoms with Crippen LogP contribution >= 0.6 is 0 Å². The third-order valence-corrected chi connectivity index (χ3v) is 3.55. The molecule has 3 aromatic heterocycles. The van der Waals surface area contributed by atoms with Crippen LogP contribution in [0.3, 0.4) is 0 Å². The summed E-state index contributed by atoms with van der Waals surface area (Å²) in [5, 5.41) is 8.86. The molecule has 0 spiro atoms. The number of nitrogens with one attached hydrogen (secondary N) is 1. The Morgan fingerprint density at radius 2 is 2.13 bits per heavy atom. The molecule has 9 nitrogen and oxygen atoms in total. The van der Waals surface area contributed by atoms with Gasteiger partial charge >= 0.3 is 17.6 Å². The van der Waals surface area contributed by atoms with Crippen molar-refractivity contribution in [3.63, 3.8) is 0 Å². The molecule has 118 valence electrons. The number of aromatic amines is 1. The number of carboxylic acids is 1. The van der Waals surface area contributed by atoms with Crippen LogP contribution in [-0.4, -0.2) is 30.2 Å². The van der Waals surface area contributed by atoms with E-state index in [1.807, 2.05) is 25.1 Å². The number of hydrogen-bond acceptors (Lipinski definition) is 4. The first kappa shape index (κ1) is 14.7. The number of aromatic nitrogens is 5. The average molecular weight is 316 g/mol. The van der Waals surface area contributed by atoms with E-state index >= 15 is 0 Å². The fourth-order valence-electron chi connectivity index (χ4n) is 2.39. The zero-order valence-corrected chi connectivity index (χ0v) is 12.5. The maximum absolute atomic E-state index is 12.4. The fourth-order valence-corrected chi connectivity index (χ4v) is 2.39. The summed E-state index contributed by atoms with van der Waals surface area (Å²) in [6, 6.07) is 5.54. The van der Waals surface area contributed by atoms with Gasteiger partial charge in [0.25, 0.3) is 11.2 Å². The van der Waals surface area contributed by atoms with Crippen molar-refractivity contribution < 1.29 is 14.5 Å². The first-order valence-corrected chi connectivity index (χ1v) is 6.79. The summed E-state index contributed by atoms with van der Waals surface area (Å²) in [4.78, 5) is 42.5. The molecule has 0 amide bonds. The molecule has 0 unspecified atom stereocenters. The number of H-pyrrole nitrogens is 1. The van der Waals surface area contributed by atoms with Crippen molar-refractivity contribution in [2.45, 2.75) is 13.5 Å². The zero-order chi connectivity index (χ0) is 16.7. The van der Waals surface area contributed by atoms with Crippen LogP contribution in [0.2, 0.25) is 0 Å². The van der Waals surface area contributed by atoms with Crippen LogP contribution in [0.5, 0.6) is 0 Å². The SMILES string of the molecule is Cc1cccc[n+]1-c1nc2c([nH]1)c(=O)n(CC(=O)O)c(=O)n2C. The summed E-state index contributed by atoms with van der Waals surface area (Å²) in [6.07, 6.45) is 1.76. The molecule has 0 bridgehead atoms. The molecule has 0 aliphatic rings. The number of aryl methyl sites for hydroxylation is 2. The van der Waals surface area contributed by atoms with E-state index in [1.54, 1.807) is 10.8 Å². The maximum Gasteiger partial charge on any atom is 0.403 e. The van der Waals surface area contributed by atoms with E-state index in [1.165, 1.54) is 7.05 Å². The van der Waals surface area contributed by atoms with Crippen molar-refractivity contribution in [2.75, 3.05) is 0 Å². The van der Waals surface area contributed by atoms with Crippen LogP contribution in [0.1, 0.15) is 5.69 Å². The van der Waals surface area contributed by atoms with Gasteiger partial charge in [-0.2, -0.15) is 0 Å². The van der Waals surface area contributed by atoms with Gasteiger partial charge in [0.05, 0.1) is 11.9 Å². The molecular formula is C14H14N5O4+. The zero-order valence-electron chi connectivity index (χ0n) is 12.5. The molecule has 23 heavy (non-hydrogen) atoms. The van der Waals surface area contributed by atoms with Crippen molar-refractivity contribution in [2.24, 2.45) is 7.05 Å². The lowest BCUT2D eigenvalue weighted by Gasteiger charge is -2.02. The van der Waals surface area contributed by atoms with Crippen molar-refractivity contribution in [1.29, 1.82) is 0 Å². The lowest BCUT2D eigenvalue weighted by Crippen LogP contribution is -2.40. The number of imidazole rings is 1. The monoisotopic (exact) mass is 316 g/mol. The average Bonchev–Trinajstić information content (AvgIpc) is 2.95. The highest BCUT2D eigenvalue weighted by molar-refractivity contribution is 5.71. The minimum atomic E-state index is -1.27. The van der Waals surface area contributed by atoms with Crippen molar-refractivity contribution in [1.82, 2.24) is 19.1 Å². The molecule has 0 radical (unpaired) electrons. The van der Waals surface area contributed by atoms with Gasteiger partial charge in [-0.05, 0) is 24.0 Å². The lowest BCUT2D eigenvalue weighted by molar-refractivity contribution is -0.609. The molecule has 0 aliphatic heterocycles. The molecule has 0 aliphatic carbocycles. The Bertz CT molecular complexity index is 1040. The number of rotatable bonds is 3. The number of carbonyl (C=O) groups is 1. The molecule has 3 aromatic rings. The van der Waals surface area contributed by atoms with Crippen LogP contribution in [0.4, 0.5) is 0 Å². The van der Waals surface area contributed by atoms with E-state index in [0.717, 1.165) is 10.3 Å². The lowest BCUT2D eigenvalue weighted by atomic mass is 10.4. The Labute approximate surface area is 129 Å². The third kappa shape index (κ3) is 2.31. The number of pyridine rings is 1. The molecule has 3 heterocycles. The topological polar surface area (TPSA) is 114 Å². The Balaban J connectivity index is 2.33. The van der Waals surface area contributed by atoms with E-state index in [9.17, 15) is 14.4 Å². The van der Waals surface area contributed by atoms with Crippen LogP contribution in [-0.2, 0) is 18.4 Å². The first-order valence-electron chi connectivity index (χ1n) is 6.79. The van der Waals surface area contributed by atoms with Crippen molar-refractivity contribution >= 4 is 17.1 Å². The number of nitrogens with zero attached hydrogens (tertiary/aromatic N) is 4. The van der Waals surface area contributed by atoms with Gasteiger partial charge in [-0.15, -0.1) is 0 Å². The molecule has 0 aromatic carbocycles. The standard InChI is InChI=1S/C14H13N5O4/c1-8-5-3-4-6-18(8)13-15-10-11(16-13)17(2)14(23)19(12(10)22)7-9(20)21/h3-6H,7H2,1-2H3,(H-,15,16,20,21,22)/p+1. The molecular weight excluding hydrogens is 302 g/mol. The van der Waals surface area contributed by atoms with Crippen molar-refractivity contribution in [3.05, 3.63) is 50.9 Å². The van der Waals surface area contributed by atoms with Gasteiger partial charge in [0.1, 0.15) is 6.54 Å². The third-order valence-electron chi connectivity index (χ3n) is 3.55. The fraction of sp³-hybridized carbons (Fsp3) is 0.214. The summed E-state index contributed by atoms with van der Waals surface area (Å²) in [5.41, 5.74) is -0.301. The second kappa shape index (κ2) is 5.20. The summed E-state index contributed by atoms with van der Waals surface area (Å²) in [6.45, 7) is 1.17. The molecule has 0 fully saturated rings. The van der Waals surface area contributed by atoms with E-state index in [4.69, 9.17) is 5.11 Å². The van der Waals surface area contributed by atoms with E-state index in [-0.39, 0.29) is 11.2 Å². The van der Waals surface area contributed by atoms with Gasteiger partial charge < -0.3 is 5.11 Å². The van der Waals surface area contributed by atoms with E-state index in [0.29, 0.717) is 10.5 Å². The molecule has 0 saturated heterocycles. The first-order chi connectivity index (χ1) is 10.9. The molecule has 2 N–H and O–H groups in total. The molecule has 9 heteroatoms. The molecule has 3 rings (SSSR count). The van der Waals surface area contributed by atoms with Crippen LogP contribution in [0, 0.1) is 6.92 Å². The smallest absolute Gasteiger partial charge is 0.403 e. The molecule has 0 atom stereocenters. The Hall–Kier alpha value is -3.23. The van der Waals surface area contributed by atoms with Gasteiger partial charge in [-0.1, -0.05) is 6.07 Å². The number of carboxylic acid groups (broad SMARTS) is 1. The van der Waals surface area contributed by atoms with Crippen LogP contribution in [0.15, 0.2) is 34.0 Å². The quantitative estimate of drug-likeness (QED) is 0.607. The van der Waals surface area contributed by atoms with Gasteiger partial charge in [0.2, 0.25) is 5.52 Å².